The van der Waals surface area contributed by atoms with Crippen LogP contribution in [0, 0.1) is 5.41 Å². The van der Waals surface area contributed by atoms with Crippen LogP contribution in [0.15, 0.2) is 12.3 Å². The summed E-state index contributed by atoms with van der Waals surface area (Å²) in [4.78, 5) is 2.56. The van der Waals surface area contributed by atoms with E-state index in [2.05, 4.69) is 37.9 Å². The van der Waals surface area contributed by atoms with Gasteiger partial charge in [-0.2, -0.15) is 0 Å². The summed E-state index contributed by atoms with van der Waals surface area (Å²) >= 11 is 0. The van der Waals surface area contributed by atoms with Crippen molar-refractivity contribution in [3.05, 3.63) is 12.3 Å². The second-order valence-electron chi connectivity index (χ2n) is 7.09. The van der Waals surface area contributed by atoms with Crippen molar-refractivity contribution in [1.82, 2.24) is 4.90 Å². The van der Waals surface area contributed by atoms with Crippen molar-refractivity contribution in [2.24, 2.45) is 5.41 Å². The molecule has 1 aliphatic rings. The third kappa shape index (κ3) is 7.38. The van der Waals surface area contributed by atoms with Crippen molar-refractivity contribution in [2.45, 2.75) is 97.8 Å². The molecular weight excluding hydrogens is 254 g/mol. The molecule has 0 N–H and O–H groups in total. The molecule has 0 unspecified atom stereocenters. The molecule has 124 valence electrons. The van der Waals surface area contributed by atoms with Gasteiger partial charge in [0.1, 0.15) is 0 Å². The third-order valence-electron chi connectivity index (χ3n) is 5.14. The lowest BCUT2D eigenvalue weighted by Gasteiger charge is -2.38. The van der Waals surface area contributed by atoms with E-state index in [9.17, 15) is 0 Å². The van der Waals surface area contributed by atoms with Gasteiger partial charge in [-0.15, -0.1) is 0 Å². The van der Waals surface area contributed by atoms with Crippen LogP contribution in [0.25, 0.3) is 0 Å². The minimum atomic E-state index is 0.533. The number of unbranched alkanes of at least 4 members (excludes halogenated alkanes) is 6. The highest BCUT2D eigenvalue weighted by Gasteiger charge is 2.29. The zero-order chi connectivity index (χ0) is 15.4. The summed E-state index contributed by atoms with van der Waals surface area (Å²) in [5.74, 6) is 0. The SMILES string of the molecule is CCCCCN1C=CC(CCCCC)(CCCCC)CC1. The Morgan fingerprint density at radius 1 is 0.810 bits per heavy atom. The molecule has 0 spiro atoms. The molecule has 0 aromatic rings. The van der Waals surface area contributed by atoms with Gasteiger partial charge in [0.25, 0.3) is 0 Å². The Bertz CT molecular complexity index is 259. The first kappa shape index (κ1) is 18.6. The summed E-state index contributed by atoms with van der Waals surface area (Å²) in [6.07, 6.45) is 21.7. The summed E-state index contributed by atoms with van der Waals surface area (Å²) in [5, 5.41) is 0. The molecule has 0 atom stereocenters. The van der Waals surface area contributed by atoms with Crippen LogP contribution in [0.4, 0.5) is 0 Å². The van der Waals surface area contributed by atoms with Gasteiger partial charge in [0, 0.05) is 13.1 Å². The van der Waals surface area contributed by atoms with E-state index in [1.807, 2.05) is 0 Å². The van der Waals surface area contributed by atoms with E-state index < -0.39 is 0 Å². The molecule has 1 heteroatoms. The first-order valence-corrected chi connectivity index (χ1v) is 9.69. The molecule has 0 aromatic heterocycles. The van der Waals surface area contributed by atoms with Gasteiger partial charge in [0.15, 0.2) is 0 Å². The van der Waals surface area contributed by atoms with Crippen molar-refractivity contribution in [3.63, 3.8) is 0 Å². The van der Waals surface area contributed by atoms with Gasteiger partial charge in [-0.3, -0.25) is 0 Å². The highest BCUT2D eigenvalue weighted by Crippen LogP contribution is 2.39. The summed E-state index contributed by atoms with van der Waals surface area (Å²) in [7, 11) is 0. The molecule has 0 radical (unpaired) electrons. The molecule has 0 saturated heterocycles. The van der Waals surface area contributed by atoms with E-state index in [0.29, 0.717) is 5.41 Å². The van der Waals surface area contributed by atoms with Crippen LogP contribution >= 0.6 is 0 Å². The summed E-state index contributed by atoms with van der Waals surface area (Å²) in [6, 6.07) is 0. The Balaban J connectivity index is 2.47. The Labute approximate surface area is 134 Å². The van der Waals surface area contributed by atoms with Crippen LogP contribution in [0.3, 0.4) is 0 Å². The summed E-state index contributed by atoms with van der Waals surface area (Å²) in [5.41, 5.74) is 0.533. The monoisotopic (exact) mass is 293 g/mol. The molecule has 0 saturated carbocycles. The Morgan fingerprint density at radius 2 is 1.38 bits per heavy atom. The van der Waals surface area contributed by atoms with Gasteiger partial charge in [0.05, 0.1) is 0 Å². The molecule has 21 heavy (non-hydrogen) atoms. The Hall–Kier alpha value is -0.460. The number of hydrogen-bond donors (Lipinski definition) is 0. The fourth-order valence-electron chi connectivity index (χ4n) is 3.53. The van der Waals surface area contributed by atoms with Crippen LogP contribution < -0.4 is 0 Å². The zero-order valence-corrected chi connectivity index (χ0v) is 15.0. The van der Waals surface area contributed by atoms with Crippen LogP contribution in [-0.2, 0) is 0 Å². The lowest BCUT2D eigenvalue weighted by molar-refractivity contribution is 0.207. The topological polar surface area (TPSA) is 3.24 Å². The largest absolute Gasteiger partial charge is 0.378 e. The van der Waals surface area contributed by atoms with Gasteiger partial charge in [-0.1, -0.05) is 78.2 Å². The third-order valence-corrected chi connectivity index (χ3v) is 5.14. The molecular formula is C20H39N. The fourth-order valence-corrected chi connectivity index (χ4v) is 3.53. The molecule has 1 nitrogen and oxygen atoms in total. The molecule has 0 aromatic carbocycles. The molecule has 0 fully saturated rings. The van der Waals surface area contributed by atoms with Crippen LogP contribution in [0.1, 0.15) is 97.8 Å². The lowest BCUT2D eigenvalue weighted by Crippen LogP contribution is -2.32. The Morgan fingerprint density at radius 3 is 1.86 bits per heavy atom. The smallest absolute Gasteiger partial charge is 0.0180 e. The van der Waals surface area contributed by atoms with Crippen molar-refractivity contribution >= 4 is 0 Å². The van der Waals surface area contributed by atoms with Gasteiger partial charge >= 0.3 is 0 Å². The molecule has 0 bridgehead atoms. The van der Waals surface area contributed by atoms with Crippen LogP contribution in [0.5, 0.6) is 0 Å². The standard InChI is InChI=1S/C20H39N/c1-4-7-10-13-20(14-11-8-5-2)15-18-21(19-16-20)17-12-9-6-3/h15,18H,4-14,16-17,19H2,1-3H3. The lowest BCUT2D eigenvalue weighted by atomic mass is 9.74. The number of rotatable bonds is 12. The second kappa shape index (κ2) is 11.2. The quantitative estimate of drug-likeness (QED) is 0.369. The number of nitrogens with zero attached hydrogens (tertiary/aromatic N) is 1. The van der Waals surface area contributed by atoms with Crippen LogP contribution in [-0.4, -0.2) is 18.0 Å². The highest BCUT2D eigenvalue weighted by molar-refractivity contribution is 5.04. The highest BCUT2D eigenvalue weighted by atomic mass is 15.1. The van der Waals surface area contributed by atoms with E-state index in [1.165, 1.54) is 90.1 Å². The molecule has 0 amide bonds. The summed E-state index contributed by atoms with van der Waals surface area (Å²) in [6.45, 7) is 9.48. The number of hydrogen-bond acceptors (Lipinski definition) is 1. The maximum absolute atomic E-state index is 2.59. The number of allylic oxidation sites excluding steroid dienone is 1. The van der Waals surface area contributed by atoms with Crippen molar-refractivity contribution < 1.29 is 0 Å². The maximum Gasteiger partial charge on any atom is 0.0180 e. The van der Waals surface area contributed by atoms with Crippen LogP contribution in [0.2, 0.25) is 0 Å². The molecule has 1 rings (SSSR count). The van der Waals surface area contributed by atoms with Crippen molar-refractivity contribution in [3.8, 4) is 0 Å². The van der Waals surface area contributed by atoms with Gasteiger partial charge in [-0.05, 0) is 37.3 Å². The fraction of sp³-hybridized carbons (Fsp3) is 0.900. The van der Waals surface area contributed by atoms with E-state index in [1.54, 1.807) is 0 Å². The predicted octanol–water partition coefficient (Wildman–Crippen LogP) is 6.54. The van der Waals surface area contributed by atoms with Crippen molar-refractivity contribution in [1.29, 1.82) is 0 Å². The molecule has 0 aliphatic carbocycles. The predicted molar refractivity (Wildman–Crippen MR) is 95.6 cm³/mol. The average Bonchev–Trinajstić information content (AvgIpc) is 2.50. The van der Waals surface area contributed by atoms with Gasteiger partial charge in [0.2, 0.25) is 0 Å². The first-order valence-electron chi connectivity index (χ1n) is 9.69. The van der Waals surface area contributed by atoms with Crippen molar-refractivity contribution in [2.75, 3.05) is 13.1 Å². The minimum Gasteiger partial charge on any atom is -0.378 e. The molecule has 1 aliphatic heterocycles. The second-order valence-corrected chi connectivity index (χ2v) is 7.09. The van der Waals surface area contributed by atoms with Gasteiger partial charge < -0.3 is 4.90 Å². The minimum absolute atomic E-state index is 0.533. The maximum atomic E-state index is 2.59. The average molecular weight is 294 g/mol. The summed E-state index contributed by atoms with van der Waals surface area (Å²) < 4.78 is 0. The van der Waals surface area contributed by atoms with E-state index in [4.69, 9.17) is 0 Å². The van der Waals surface area contributed by atoms with Gasteiger partial charge in [-0.25, -0.2) is 0 Å². The Kier molecular flexibility index (Phi) is 9.87. The van der Waals surface area contributed by atoms with E-state index in [-0.39, 0.29) is 0 Å². The normalized spacial score (nSPS) is 17.4. The first-order chi connectivity index (χ1) is 10.3. The molecule has 1 heterocycles. The van der Waals surface area contributed by atoms with E-state index in [0.717, 1.165) is 0 Å². The van der Waals surface area contributed by atoms with E-state index >= 15 is 0 Å². The zero-order valence-electron chi connectivity index (χ0n) is 15.0.